The molecule has 0 aromatic carbocycles. The Morgan fingerprint density at radius 2 is 2.17 bits per heavy atom. The molecular formula is C10H13N4NaO3. The quantitative estimate of drug-likeness (QED) is 0.711. The monoisotopic (exact) mass is 260 g/mol. The topological polar surface area (TPSA) is 93.3 Å². The van der Waals surface area contributed by atoms with Gasteiger partial charge in [0.05, 0.1) is 19.0 Å². The van der Waals surface area contributed by atoms with Gasteiger partial charge in [0.15, 0.2) is 11.2 Å². The fourth-order valence-electron chi connectivity index (χ4n) is 2.08. The summed E-state index contributed by atoms with van der Waals surface area (Å²) >= 11 is 0. The van der Waals surface area contributed by atoms with E-state index in [1.807, 2.05) is 0 Å². The van der Waals surface area contributed by atoms with Crippen molar-refractivity contribution in [1.82, 2.24) is 19.5 Å². The van der Waals surface area contributed by atoms with Crippen LogP contribution in [0.5, 0.6) is 5.88 Å². The first kappa shape index (κ1) is 13.7. The van der Waals surface area contributed by atoms with Crippen molar-refractivity contribution in [2.45, 2.75) is 25.2 Å². The normalized spacial score (nSPS) is 23.2. The first-order chi connectivity index (χ1) is 8.29. The van der Waals surface area contributed by atoms with Gasteiger partial charge in [-0.2, -0.15) is 4.98 Å². The Balaban J connectivity index is 0.00000120. The number of nitrogens with zero attached hydrogens (tertiary/aromatic N) is 4. The molecule has 2 aromatic rings. The molecule has 0 bridgehead atoms. The van der Waals surface area contributed by atoms with E-state index >= 15 is 0 Å². The van der Waals surface area contributed by atoms with Crippen LogP contribution in [0.3, 0.4) is 0 Å². The fourth-order valence-corrected chi connectivity index (χ4v) is 2.08. The van der Waals surface area contributed by atoms with Crippen LogP contribution in [0.15, 0.2) is 12.7 Å². The average Bonchev–Trinajstić information content (AvgIpc) is 2.94. The summed E-state index contributed by atoms with van der Waals surface area (Å²) in [4.78, 5) is 11.8. The van der Waals surface area contributed by atoms with Crippen LogP contribution in [0.25, 0.3) is 11.2 Å². The predicted octanol–water partition coefficient (Wildman–Crippen LogP) is -0.447. The van der Waals surface area contributed by atoms with E-state index in [1.165, 1.54) is 6.33 Å². The van der Waals surface area contributed by atoms with Crippen LogP contribution in [0, 0.1) is 0 Å². The number of fused-ring (bicyclic) bond motifs is 1. The molecule has 8 heteroatoms. The summed E-state index contributed by atoms with van der Waals surface area (Å²) in [5.41, 5.74) is 0.907. The summed E-state index contributed by atoms with van der Waals surface area (Å²) < 4.78 is 7.39. The molecule has 0 radical (unpaired) electrons. The number of aliphatic hydroxyl groups excluding tert-OH is 1. The van der Waals surface area contributed by atoms with Crippen LogP contribution < -0.4 is 0 Å². The van der Waals surface area contributed by atoms with Crippen LogP contribution in [0.4, 0.5) is 0 Å². The van der Waals surface area contributed by atoms with Gasteiger partial charge >= 0.3 is 29.6 Å². The number of imidazole rings is 1. The molecule has 0 aliphatic carbocycles. The van der Waals surface area contributed by atoms with E-state index in [1.54, 1.807) is 10.9 Å². The molecule has 0 saturated carbocycles. The van der Waals surface area contributed by atoms with Gasteiger partial charge in [-0.05, 0) is 12.8 Å². The van der Waals surface area contributed by atoms with E-state index in [4.69, 9.17) is 9.84 Å². The SMILES string of the molecule is OC[C@@H]1CC[C@H](n2cnc3c(O)ncnc32)O1.[NaH]. The number of ether oxygens (including phenoxy) is 1. The van der Waals surface area contributed by atoms with E-state index in [-0.39, 0.29) is 54.4 Å². The Morgan fingerprint density at radius 1 is 1.33 bits per heavy atom. The van der Waals surface area contributed by atoms with Crippen molar-refractivity contribution >= 4 is 40.7 Å². The van der Waals surface area contributed by atoms with Crippen molar-refractivity contribution in [3.63, 3.8) is 0 Å². The maximum atomic E-state index is 9.52. The van der Waals surface area contributed by atoms with Crippen LogP contribution in [0.2, 0.25) is 0 Å². The Labute approximate surface area is 125 Å². The second-order valence-electron chi connectivity index (χ2n) is 3.99. The Hall–Kier alpha value is -0.730. The zero-order valence-electron chi connectivity index (χ0n) is 9.02. The van der Waals surface area contributed by atoms with Crippen LogP contribution >= 0.6 is 0 Å². The number of rotatable bonds is 2. The number of aromatic hydroxyl groups is 1. The third-order valence-corrected chi connectivity index (χ3v) is 2.94. The Kier molecular flexibility index (Phi) is 4.18. The minimum absolute atomic E-state index is 0. The number of hydrogen-bond donors (Lipinski definition) is 2. The van der Waals surface area contributed by atoms with Crippen molar-refractivity contribution in [3.8, 4) is 5.88 Å². The van der Waals surface area contributed by atoms with Gasteiger partial charge < -0.3 is 14.9 Å². The van der Waals surface area contributed by atoms with Gasteiger partial charge in [-0.15, -0.1) is 0 Å². The Morgan fingerprint density at radius 3 is 2.89 bits per heavy atom. The van der Waals surface area contributed by atoms with Crippen LogP contribution in [-0.2, 0) is 4.74 Å². The zero-order valence-corrected chi connectivity index (χ0v) is 9.02. The van der Waals surface area contributed by atoms with Gasteiger partial charge in [0.25, 0.3) is 0 Å². The van der Waals surface area contributed by atoms with Crippen molar-refractivity contribution in [3.05, 3.63) is 12.7 Å². The van der Waals surface area contributed by atoms with Crippen molar-refractivity contribution in [2.24, 2.45) is 0 Å². The summed E-state index contributed by atoms with van der Waals surface area (Å²) in [6.07, 6.45) is 4.14. The van der Waals surface area contributed by atoms with Crippen molar-refractivity contribution in [2.75, 3.05) is 6.61 Å². The maximum absolute atomic E-state index is 9.52. The first-order valence-corrected chi connectivity index (χ1v) is 5.42. The molecule has 3 rings (SSSR count). The second-order valence-corrected chi connectivity index (χ2v) is 3.99. The van der Waals surface area contributed by atoms with E-state index < -0.39 is 0 Å². The summed E-state index contributed by atoms with van der Waals surface area (Å²) in [7, 11) is 0. The molecule has 0 spiro atoms. The number of aliphatic hydroxyl groups is 1. The molecule has 1 saturated heterocycles. The molecule has 1 fully saturated rings. The molecule has 2 atom stereocenters. The fraction of sp³-hybridized carbons (Fsp3) is 0.500. The van der Waals surface area contributed by atoms with Gasteiger partial charge in [0.2, 0.25) is 5.88 Å². The summed E-state index contributed by atoms with van der Waals surface area (Å²) in [6.45, 7) is 0.0172. The van der Waals surface area contributed by atoms with Gasteiger partial charge in [-0.3, -0.25) is 4.57 Å². The van der Waals surface area contributed by atoms with E-state index in [0.717, 1.165) is 12.8 Å². The number of aromatic nitrogens is 4. The molecule has 18 heavy (non-hydrogen) atoms. The molecule has 0 amide bonds. The number of hydrogen-bond acceptors (Lipinski definition) is 6. The zero-order chi connectivity index (χ0) is 11.8. The van der Waals surface area contributed by atoms with Gasteiger partial charge in [0, 0.05) is 0 Å². The molecule has 1 aliphatic heterocycles. The molecule has 2 aromatic heterocycles. The van der Waals surface area contributed by atoms with Gasteiger partial charge in [-0.25, -0.2) is 9.97 Å². The molecule has 7 nitrogen and oxygen atoms in total. The molecule has 92 valence electrons. The van der Waals surface area contributed by atoms with Crippen molar-refractivity contribution in [1.29, 1.82) is 0 Å². The molecule has 2 N–H and O–H groups in total. The second kappa shape index (κ2) is 5.50. The summed E-state index contributed by atoms with van der Waals surface area (Å²) in [5.74, 6) is -0.134. The standard InChI is InChI=1S/C10H12N4O3.Na.H/c15-3-6-1-2-7(17-6)14-5-13-8-9(14)11-4-12-10(8)16;;/h4-7,15H,1-3H2,(H,11,12,16);;/t6-,7+;;/m0../s1. The molecular weight excluding hydrogens is 247 g/mol. The Bertz CT molecular complexity index is 547. The average molecular weight is 260 g/mol. The van der Waals surface area contributed by atoms with Crippen LogP contribution in [0.1, 0.15) is 19.1 Å². The van der Waals surface area contributed by atoms with E-state index in [2.05, 4.69) is 15.0 Å². The minimum atomic E-state index is -0.188. The third-order valence-electron chi connectivity index (χ3n) is 2.94. The molecule has 3 heterocycles. The first-order valence-electron chi connectivity index (χ1n) is 5.42. The van der Waals surface area contributed by atoms with Crippen molar-refractivity contribution < 1.29 is 14.9 Å². The molecule has 0 unspecified atom stereocenters. The summed E-state index contributed by atoms with van der Waals surface area (Å²) in [6, 6.07) is 0. The van der Waals surface area contributed by atoms with E-state index in [9.17, 15) is 5.11 Å². The van der Waals surface area contributed by atoms with Crippen LogP contribution in [-0.4, -0.2) is 72.0 Å². The van der Waals surface area contributed by atoms with E-state index in [0.29, 0.717) is 11.2 Å². The summed E-state index contributed by atoms with van der Waals surface area (Å²) in [5, 5.41) is 18.5. The third kappa shape index (κ3) is 2.24. The van der Waals surface area contributed by atoms with Gasteiger partial charge in [0.1, 0.15) is 12.6 Å². The predicted molar refractivity (Wildman–Crippen MR) is 64.4 cm³/mol. The van der Waals surface area contributed by atoms with Gasteiger partial charge in [-0.1, -0.05) is 0 Å². The molecule has 1 aliphatic rings.